The second-order valence-electron chi connectivity index (χ2n) is 7.03. The van der Waals surface area contributed by atoms with Gasteiger partial charge in [0.05, 0.1) is 19.9 Å². The molecule has 0 spiro atoms. The minimum atomic E-state index is -0.249. The van der Waals surface area contributed by atoms with Crippen molar-refractivity contribution in [3.05, 3.63) is 76.5 Å². The molecule has 0 radical (unpaired) electrons. The van der Waals surface area contributed by atoms with Crippen LogP contribution in [-0.4, -0.2) is 25.1 Å². The summed E-state index contributed by atoms with van der Waals surface area (Å²) in [5.41, 5.74) is 4.93. The normalized spacial score (nSPS) is 11.0. The van der Waals surface area contributed by atoms with Crippen LogP contribution in [0.15, 0.2) is 65.4 Å². The Morgan fingerprint density at radius 3 is 2.44 bits per heavy atom. The fourth-order valence-electron chi connectivity index (χ4n) is 3.12. The fraction of sp³-hybridized carbons (Fsp3) is 0.120. The lowest BCUT2D eigenvalue weighted by Crippen LogP contribution is -2.07. The second-order valence-corrected chi connectivity index (χ2v) is 8.80. The van der Waals surface area contributed by atoms with E-state index >= 15 is 0 Å². The summed E-state index contributed by atoms with van der Waals surface area (Å²) in [7, 11) is 3.26. The average Bonchev–Trinajstić information content (AvgIpc) is 3.46. The van der Waals surface area contributed by atoms with Crippen molar-refractivity contribution >= 4 is 39.8 Å². The van der Waals surface area contributed by atoms with Crippen LogP contribution in [0, 0.1) is 6.92 Å². The van der Waals surface area contributed by atoms with Gasteiger partial charge in [-0.2, -0.15) is 0 Å². The largest absolute Gasteiger partial charge is 0.497 e. The van der Waals surface area contributed by atoms with Crippen LogP contribution >= 0.6 is 22.7 Å². The number of aromatic nitrogens is 1. The molecular formula is C25H22N2O3S2. The van der Waals surface area contributed by atoms with Crippen LogP contribution in [0.2, 0.25) is 0 Å². The summed E-state index contributed by atoms with van der Waals surface area (Å²) < 4.78 is 10.7. The molecule has 162 valence electrons. The minimum absolute atomic E-state index is 0.249. The zero-order chi connectivity index (χ0) is 22.5. The number of carbonyl (C=O) groups is 1. The second kappa shape index (κ2) is 9.80. The SMILES string of the molecule is COc1ccc(-c2csc(NC(=O)/C=C/c3ccc(-c4cc(C)cs4)cc3OC)n2)cc1. The first-order valence-corrected chi connectivity index (χ1v) is 11.6. The van der Waals surface area contributed by atoms with E-state index in [9.17, 15) is 4.79 Å². The molecule has 2 aromatic heterocycles. The van der Waals surface area contributed by atoms with Gasteiger partial charge >= 0.3 is 0 Å². The van der Waals surface area contributed by atoms with Crippen molar-refractivity contribution in [2.24, 2.45) is 0 Å². The number of ether oxygens (including phenoxy) is 2. The summed E-state index contributed by atoms with van der Waals surface area (Å²) in [4.78, 5) is 18.1. The van der Waals surface area contributed by atoms with Gasteiger partial charge in [0, 0.05) is 27.5 Å². The van der Waals surface area contributed by atoms with Crippen molar-refractivity contribution in [3.8, 4) is 33.2 Å². The van der Waals surface area contributed by atoms with E-state index in [1.807, 2.05) is 47.8 Å². The Labute approximate surface area is 195 Å². The van der Waals surface area contributed by atoms with Crippen LogP contribution in [0.3, 0.4) is 0 Å². The number of benzene rings is 2. The first-order chi connectivity index (χ1) is 15.6. The van der Waals surface area contributed by atoms with Crippen LogP contribution in [0.1, 0.15) is 11.1 Å². The molecule has 7 heteroatoms. The van der Waals surface area contributed by atoms with E-state index in [0.29, 0.717) is 10.9 Å². The van der Waals surface area contributed by atoms with E-state index in [0.717, 1.165) is 28.1 Å². The zero-order valence-electron chi connectivity index (χ0n) is 17.9. The number of hydrogen-bond acceptors (Lipinski definition) is 6. The lowest BCUT2D eigenvalue weighted by atomic mass is 10.1. The number of aryl methyl sites for hydroxylation is 1. The number of nitrogens with zero attached hydrogens (tertiary/aromatic N) is 1. The number of thiophene rings is 1. The van der Waals surface area contributed by atoms with Crippen molar-refractivity contribution in [3.63, 3.8) is 0 Å². The number of nitrogens with one attached hydrogen (secondary N) is 1. The first-order valence-electron chi connectivity index (χ1n) is 9.88. The number of anilines is 1. The van der Waals surface area contributed by atoms with Crippen molar-refractivity contribution in [2.45, 2.75) is 6.92 Å². The molecule has 0 saturated heterocycles. The van der Waals surface area contributed by atoms with Crippen molar-refractivity contribution in [1.29, 1.82) is 0 Å². The maximum atomic E-state index is 12.4. The summed E-state index contributed by atoms with van der Waals surface area (Å²) in [6.07, 6.45) is 3.23. The van der Waals surface area contributed by atoms with Gasteiger partial charge in [-0.05, 0) is 65.9 Å². The highest BCUT2D eigenvalue weighted by molar-refractivity contribution is 7.14. The van der Waals surface area contributed by atoms with E-state index in [-0.39, 0.29) is 5.91 Å². The van der Waals surface area contributed by atoms with Crippen LogP contribution in [0.4, 0.5) is 5.13 Å². The molecule has 0 aliphatic rings. The Hall–Kier alpha value is -3.42. The monoisotopic (exact) mass is 462 g/mol. The van der Waals surface area contributed by atoms with Crippen LogP contribution in [0.5, 0.6) is 11.5 Å². The number of thiazole rings is 1. The van der Waals surface area contributed by atoms with Crippen molar-refractivity contribution < 1.29 is 14.3 Å². The van der Waals surface area contributed by atoms with E-state index < -0.39 is 0 Å². The van der Waals surface area contributed by atoms with Gasteiger partial charge in [-0.25, -0.2) is 4.98 Å². The predicted molar refractivity (Wildman–Crippen MR) is 133 cm³/mol. The quantitative estimate of drug-likeness (QED) is 0.318. The summed E-state index contributed by atoms with van der Waals surface area (Å²) in [6, 6.07) is 15.8. The van der Waals surface area contributed by atoms with Crippen LogP contribution in [0.25, 0.3) is 27.8 Å². The molecule has 32 heavy (non-hydrogen) atoms. The average molecular weight is 463 g/mol. The molecular weight excluding hydrogens is 440 g/mol. The Balaban J connectivity index is 1.44. The molecule has 0 saturated carbocycles. The Morgan fingerprint density at radius 2 is 1.75 bits per heavy atom. The summed E-state index contributed by atoms with van der Waals surface area (Å²) in [6.45, 7) is 2.08. The third kappa shape index (κ3) is 5.07. The van der Waals surface area contributed by atoms with E-state index in [1.165, 1.54) is 27.9 Å². The maximum absolute atomic E-state index is 12.4. The number of methoxy groups -OCH3 is 2. The van der Waals surface area contributed by atoms with Gasteiger partial charge in [-0.3, -0.25) is 10.1 Å². The molecule has 4 aromatic rings. The molecule has 5 nitrogen and oxygen atoms in total. The third-order valence-electron chi connectivity index (χ3n) is 4.78. The summed E-state index contributed by atoms with van der Waals surface area (Å²) in [5, 5.41) is 7.40. The van der Waals surface area contributed by atoms with E-state index in [2.05, 4.69) is 28.7 Å². The molecule has 1 N–H and O–H groups in total. The van der Waals surface area contributed by atoms with Gasteiger partial charge < -0.3 is 9.47 Å². The molecule has 1 amide bonds. The van der Waals surface area contributed by atoms with Crippen molar-refractivity contribution in [1.82, 2.24) is 4.98 Å². The first kappa shape index (κ1) is 21.8. The topological polar surface area (TPSA) is 60.5 Å². The van der Waals surface area contributed by atoms with Gasteiger partial charge in [0.15, 0.2) is 5.13 Å². The molecule has 0 aliphatic carbocycles. The maximum Gasteiger partial charge on any atom is 0.250 e. The number of carbonyl (C=O) groups excluding carboxylic acids is 1. The third-order valence-corrected chi connectivity index (χ3v) is 6.64. The Morgan fingerprint density at radius 1 is 0.969 bits per heavy atom. The van der Waals surface area contributed by atoms with E-state index in [1.54, 1.807) is 31.6 Å². The minimum Gasteiger partial charge on any atom is -0.497 e. The van der Waals surface area contributed by atoms with Crippen LogP contribution in [-0.2, 0) is 4.79 Å². The standard InChI is InChI=1S/C25H22N2O3S2/c1-16-12-23(31-14-16)19-5-4-18(22(13-19)30-3)8-11-24(28)27-25-26-21(15-32-25)17-6-9-20(29-2)10-7-17/h4-15H,1-3H3,(H,26,27,28)/b11-8+. The Bertz CT molecular complexity index is 1260. The van der Waals surface area contributed by atoms with E-state index in [4.69, 9.17) is 9.47 Å². The van der Waals surface area contributed by atoms with Gasteiger partial charge in [-0.15, -0.1) is 22.7 Å². The number of hydrogen-bond donors (Lipinski definition) is 1. The van der Waals surface area contributed by atoms with Crippen molar-refractivity contribution in [2.75, 3.05) is 19.5 Å². The van der Waals surface area contributed by atoms with Gasteiger partial charge in [0.1, 0.15) is 11.5 Å². The lowest BCUT2D eigenvalue weighted by Gasteiger charge is -2.07. The number of rotatable bonds is 7. The molecule has 2 heterocycles. The molecule has 0 fully saturated rings. The highest BCUT2D eigenvalue weighted by atomic mass is 32.1. The molecule has 0 atom stereocenters. The molecule has 2 aromatic carbocycles. The zero-order valence-corrected chi connectivity index (χ0v) is 19.5. The smallest absolute Gasteiger partial charge is 0.250 e. The Kier molecular flexibility index (Phi) is 6.68. The summed E-state index contributed by atoms with van der Waals surface area (Å²) >= 11 is 3.08. The fourth-order valence-corrected chi connectivity index (χ4v) is 4.74. The predicted octanol–water partition coefficient (Wildman–Crippen LogP) is 6.52. The highest BCUT2D eigenvalue weighted by Crippen LogP contribution is 2.32. The molecule has 4 rings (SSSR count). The molecule has 0 aliphatic heterocycles. The van der Waals surface area contributed by atoms with Gasteiger partial charge in [0.2, 0.25) is 5.91 Å². The highest BCUT2D eigenvalue weighted by Gasteiger charge is 2.09. The summed E-state index contributed by atoms with van der Waals surface area (Å²) in [5.74, 6) is 1.26. The van der Waals surface area contributed by atoms with Gasteiger partial charge in [-0.1, -0.05) is 12.1 Å². The molecule has 0 bridgehead atoms. The number of amides is 1. The molecule has 0 unspecified atom stereocenters. The van der Waals surface area contributed by atoms with Gasteiger partial charge in [0.25, 0.3) is 0 Å². The van der Waals surface area contributed by atoms with Crippen LogP contribution < -0.4 is 14.8 Å². The lowest BCUT2D eigenvalue weighted by molar-refractivity contribution is -0.111.